The standard InChI is InChI=1S/C7H15N3O/c8-7(9)5-10(3-4-11)6-1-2-6/h6,11H,1-5H2,(H3,8,9). The molecule has 1 fully saturated rings. The molecule has 0 saturated heterocycles. The van der Waals surface area contributed by atoms with E-state index in [1.807, 2.05) is 0 Å². The van der Waals surface area contributed by atoms with Gasteiger partial charge in [0.1, 0.15) is 5.84 Å². The first-order valence-electron chi connectivity index (χ1n) is 3.92. The lowest BCUT2D eigenvalue weighted by Gasteiger charge is -2.19. The van der Waals surface area contributed by atoms with Crippen LogP contribution in [0.1, 0.15) is 12.8 Å². The van der Waals surface area contributed by atoms with Crippen LogP contribution in [0.4, 0.5) is 0 Å². The minimum atomic E-state index is 0.157. The van der Waals surface area contributed by atoms with E-state index in [2.05, 4.69) is 4.90 Å². The van der Waals surface area contributed by atoms with Crippen LogP contribution in [0.25, 0.3) is 0 Å². The summed E-state index contributed by atoms with van der Waals surface area (Å²) in [6.07, 6.45) is 2.38. The molecule has 0 aromatic rings. The predicted octanol–water partition coefficient (Wildman–Crippen LogP) is -0.621. The SMILES string of the molecule is N=C(N)CN(CCO)C1CC1. The van der Waals surface area contributed by atoms with Gasteiger partial charge in [-0.2, -0.15) is 0 Å². The predicted molar refractivity (Wildman–Crippen MR) is 43.6 cm³/mol. The Morgan fingerprint density at radius 3 is 2.64 bits per heavy atom. The molecule has 0 atom stereocenters. The van der Waals surface area contributed by atoms with Gasteiger partial charge in [-0.15, -0.1) is 0 Å². The molecule has 1 rings (SSSR count). The van der Waals surface area contributed by atoms with E-state index in [1.54, 1.807) is 0 Å². The summed E-state index contributed by atoms with van der Waals surface area (Å²) >= 11 is 0. The highest BCUT2D eigenvalue weighted by Crippen LogP contribution is 2.25. The van der Waals surface area contributed by atoms with Gasteiger partial charge in [-0.25, -0.2) is 0 Å². The Morgan fingerprint density at radius 2 is 2.27 bits per heavy atom. The molecule has 0 aromatic carbocycles. The fraction of sp³-hybridized carbons (Fsp3) is 0.857. The Bertz CT molecular complexity index is 145. The molecule has 0 aliphatic heterocycles. The molecule has 1 aliphatic carbocycles. The Hall–Kier alpha value is -0.610. The highest BCUT2D eigenvalue weighted by Gasteiger charge is 2.28. The van der Waals surface area contributed by atoms with Crippen molar-refractivity contribution in [2.75, 3.05) is 19.7 Å². The second kappa shape index (κ2) is 3.69. The Kier molecular flexibility index (Phi) is 2.84. The molecule has 0 aromatic heterocycles. The molecule has 4 N–H and O–H groups in total. The fourth-order valence-corrected chi connectivity index (χ4v) is 1.18. The minimum absolute atomic E-state index is 0.157. The molecule has 11 heavy (non-hydrogen) atoms. The summed E-state index contributed by atoms with van der Waals surface area (Å²) in [6.45, 7) is 1.30. The monoisotopic (exact) mass is 157 g/mol. The van der Waals surface area contributed by atoms with Gasteiger partial charge in [-0.1, -0.05) is 0 Å². The van der Waals surface area contributed by atoms with E-state index in [4.69, 9.17) is 16.2 Å². The van der Waals surface area contributed by atoms with Gasteiger partial charge in [-0.05, 0) is 12.8 Å². The Labute approximate surface area is 66.5 Å². The molecule has 0 radical (unpaired) electrons. The number of nitrogens with two attached hydrogens (primary N) is 1. The quantitative estimate of drug-likeness (QED) is 0.368. The van der Waals surface area contributed by atoms with Crippen LogP contribution >= 0.6 is 0 Å². The van der Waals surface area contributed by atoms with Crippen LogP contribution in [-0.2, 0) is 0 Å². The molecule has 0 amide bonds. The van der Waals surface area contributed by atoms with Crippen molar-refractivity contribution in [2.45, 2.75) is 18.9 Å². The van der Waals surface area contributed by atoms with Gasteiger partial charge in [0.2, 0.25) is 0 Å². The van der Waals surface area contributed by atoms with Crippen molar-refractivity contribution in [3.8, 4) is 0 Å². The van der Waals surface area contributed by atoms with E-state index in [0.29, 0.717) is 19.1 Å². The molecule has 64 valence electrons. The van der Waals surface area contributed by atoms with E-state index < -0.39 is 0 Å². The van der Waals surface area contributed by atoms with E-state index >= 15 is 0 Å². The summed E-state index contributed by atoms with van der Waals surface area (Å²) in [5.41, 5.74) is 5.25. The lowest BCUT2D eigenvalue weighted by atomic mass is 10.4. The third-order valence-electron chi connectivity index (χ3n) is 1.82. The van der Waals surface area contributed by atoms with Gasteiger partial charge in [0, 0.05) is 12.6 Å². The number of rotatable bonds is 5. The number of hydrogen-bond acceptors (Lipinski definition) is 3. The van der Waals surface area contributed by atoms with Crippen LogP contribution in [0.3, 0.4) is 0 Å². The number of nitrogens with one attached hydrogen (secondary N) is 1. The summed E-state index contributed by atoms with van der Waals surface area (Å²) in [7, 11) is 0. The summed E-state index contributed by atoms with van der Waals surface area (Å²) in [5.74, 6) is 0.186. The number of amidine groups is 1. The maximum Gasteiger partial charge on any atom is 0.105 e. The average Bonchev–Trinajstić information content (AvgIpc) is 2.66. The van der Waals surface area contributed by atoms with E-state index in [0.717, 1.165) is 0 Å². The normalized spacial score (nSPS) is 17.3. The van der Waals surface area contributed by atoms with Crippen molar-refractivity contribution >= 4 is 5.84 Å². The largest absolute Gasteiger partial charge is 0.395 e. The molecular weight excluding hydrogens is 142 g/mol. The van der Waals surface area contributed by atoms with Gasteiger partial charge >= 0.3 is 0 Å². The number of aliphatic hydroxyl groups is 1. The van der Waals surface area contributed by atoms with E-state index in [-0.39, 0.29) is 12.4 Å². The van der Waals surface area contributed by atoms with E-state index in [1.165, 1.54) is 12.8 Å². The Morgan fingerprint density at radius 1 is 1.64 bits per heavy atom. The van der Waals surface area contributed by atoms with Crippen molar-refractivity contribution in [1.29, 1.82) is 5.41 Å². The first-order valence-corrected chi connectivity index (χ1v) is 3.92. The third-order valence-corrected chi connectivity index (χ3v) is 1.82. The fourth-order valence-electron chi connectivity index (χ4n) is 1.18. The van der Waals surface area contributed by atoms with Crippen molar-refractivity contribution in [3.63, 3.8) is 0 Å². The lowest BCUT2D eigenvalue weighted by Crippen LogP contribution is -2.36. The van der Waals surface area contributed by atoms with Gasteiger partial charge < -0.3 is 10.8 Å². The van der Waals surface area contributed by atoms with Crippen LogP contribution in [0.5, 0.6) is 0 Å². The van der Waals surface area contributed by atoms with Crippen LogP contribution < -0.4 is 5.73 Å². The summed E-state index contributed by atoms with van der Waals surface area (Å²) in [5, 5.41) is 15.8. The summed E-state index contributed by atoms with van der Waals surface area (Å²) in [6, 6.07) is 0.575. The molecule has 0 spiro atoms. The molecule has 1 aliphatic rings. The minimum Gasteiger partial charge on any atom is -0.395 e. The maximum absolute atomic E-state index is 8.67. The molecular formula is C7H15N3O. The van der Waals surface area contributed by atoms with Crippen molar-refractivity contribution in [3.05, 3.63) is 0 Å². The Balaban J connectivity index is 2.26. The summed E-state index contributed by atoms with van der Waals surface area (Å²) < 4.78 is 0. The second-order valence-electron chi connectivity index (χ2n) is 2.95. The zero-order chi connectivity index (χ0) is 8.27. The van der Waals surface area contributed by atoms with Crippen LogP contribution in [0, 0.1) is 5.41 Å². The van der Waals surface area contributed by atoms with Gasteiger partial charge in [-0.3, -0.25) is 10.3 Å². The topological polar surface area (TPSA) is 73.3 Å². The molecule has 0 bridgehead atoms. The third kappa shape index (κ3) is 2.86. The second-order valence-corrected chi connectivity index (χ2v) is 2.95. The molecule has 4 heteroatoms. The highest BCUT2D eigenvalue weighted by molar-refractivity contribution is 5.79. The zero-order valence-corrected chi connectivity index (χ0v) is 6.58. The zero-order valence-electron chi connectivity index (χ0n) is 6.58. The molecule has 0 unspecified atom stereocenters. The molecule has 1 saturated carbocycles. The van der Waals surface area contributed by atoms with Gasteiger partial charge in [0.05, 0.1) is 13.2 Å². The van der Waals surface area contributed by atoms with Crippen LogP contribution in [-0.4, -0.2) is 41.6 Å². The maximum atomic E-state index is 8.67. The van der Waals surface area contributed by atoms with Gasteiger partial charge in [0.15, 0.2) is 0 Å². The first kappa shape index (κ1) is 8.49. The van der Waals surface area contributed by atoms with Gasteiger partial charge in [0.25, 0.3) is 0 Å². The lowest BCUT2D eigenvalue weighted by molar-refractivity contribution is 0.206. The number of nitrogens with zero attached hydrogens (tertiary/aromatic N) is 1. The first-order chi connectivity index (χ1) is 5.24. The highest BCUT2D eigenvalue weighted by atomic mass is 16.3. The smallest absolute Gasteiger partial charge is 0.105 e. The van der Waals surface area contributed by atoms with Crippen LogP contribution in [0.15, 0.2) is 0 Å². The van der Waals surface area contributed by atoms with Crippen molar-refractivity contribution in [2.24, 2.45) is 5.73 Å². The summed E-state index contributed by atoms with van der Waals surface area (Å²) in [4.78, 5) is 2.06. The number of hydrogen-bond donors (Lipinski definition) is 3. The average molecular weight is 157 g/mol. The van der Waals surface area contributed by atoms with Crippen molar-refractivity contribution in [1.82, 2.24) is 4.90 Å². The molecule has 0 heterocycles. The number of aliphatic hydroxyl groups excluding tert-OH is 1. The molecule has 4 nitrogen and oxygen atoms in total. The van der Waals surface area contributed by atoms with Crippen LogP contribution in [0.2, 0.25) is 0 Å². The van der Waals surface area contributed by atoms with Crippen molar-refractivity contribution < 1.29 is 5.11 Å². The van der Waals surface area contributed by atoms with E-state index in [9.17, 15) is 0 Å².